The first kappa shape index (κ1) is 23.3. The number of amides is 2. The molecule has 3 unspecified atom stereocenters. The lowest BCUT2D eigenvalue weighted by Crippen LogP contribution is -2.51. The monoisotopic (exact) mass is 484 g/mol. The summed E-state index contributed by atoms with van der Waals surface area (Å²) >= 11 is 0. The molecule has 1 aliphatic heterocycles. The minimum Gasteiger partial charge on any atom is -0.481 e. The Morgan fingerprint density at radius 2 is 1.71 bits per heavy atom. The van der Waals surface area contributed by atoms with Crippen molar-refractivity contribution in [2.45, 2.75) is 49.6 Å². The van der Waals surface area contributed by atoms with Gasteiger partial charge in [-0.3, -0.25) is 9.59 Å². The lowest BCUT2D eigenvalue weighted by molar-refractivity contribution is -0.143. The second-order valence-electron chi connectivity index (χ2n) is 9.50. The summed E-state index contributed by atoms with van der Waals surface area (Å²) in [5.74, 6) is -5.92. The van der Waals surface area contributed by atoms with Gasteiger partial charge in [0.25, 0.3) is 5.92 Å². The quantitative estimate of drug-likeness (QED) is 0.646. The molecule has 1 heterocycles. The van der Waals surface area contributed by atoms with Crippen LogP contribution in [0.3, 0.4) is 0 Å². The third-order valence-corrected chi connectivity index (χ3v) is 7.42. The van der Waals surface area contributed by atoms with Gasteiger partial charge in [0, 0.05) is 30.8 Å². The van der Waals surface area contributed by atoms with E-state index in [2.05, 4.69) is 5.32 Å². The van der Waals surface area contributed by atoms with Crippen molar-refractivity contribution >= 4 is 18.0 Å². The van der Waals surface area contributed by atoms with Gasteiger partial charge in [0.05, 0.1) is 6.42 Å². The van der Waals surface area contributed by atoms with Crippen LogP contribution in [0.2, 0.25) is 0 Å². The van der Waals surface area contributed by atoms with Crippen LogP contribution in [0.5, 0.6) is 0 Å². The number of carbonyl (C=O) groups excluding carboxylic acids is 2. The van der Waals surface area contributed by atoms with Crippen molar-refractivity contribution in [2.24, 2.45) is 5.92 Å². The maximum Gasteiger partial charge on any atom is 0.407 e. The van der Waals surface area contributed by atoms with Gasteiger partial charge in [-0.05, 0) is 35.1 Å². The Labute approximate surface area is 201 Å². The fraction of sp³-hybridized carbons (Fsp3) is 0.423. The van der Waals surface area contributed by atoms with E-state index in [1.165, 1.54) is 4.90 Å². The van der Waals surface area contributed by atoms with Crippen molar-refractivity contribution in [3.63, 3.8) is 0 Å². The van der Waals surface area contributed by atoms with E-state index < -0.39 is 42.3 Å². The highest BCUT2D eigenvalue weighted by atomic mass is 19.3. The summed E-state index contributed by atoms with van der Waals surface area (Å²) in [5.41, 5.74) is 4.16. The number of aliphatic carboxylic acids is 1. The fourth-order valence-electron chi connectivity index (χ4n) is 5.69. The van der Waals surface area contributed by atoms with Crippen molar-refractivity contribution in [1.29, 1.82) is 0 Å². The first-order valence-corrected chi connectivity index (χ1v) is 11.8. The third kappa shape index (κ3) is 4.35. The van der Waals surface area contributed by atoms with Crippen LogP contribution in [0.25, 0.3) is 11.1 Å². The van der Waals surface area contributed by atoms with Crippen LogP contribution in [-0.4, -0.2) is 59.1 Å². The minimum absolute atomic E-state index is 0.00841. The molecular weight excluding hydrogens is 458 g/mol. The van der Waals surface area contributed by atoms with Gasteiger partial charge in [-0.25, -0.2) is 13.6 Å². The van der Waals surface area contributed by atoms with E-state index in [4.69, 9.17) is 4.74 Å². The molecule has 2 fully saturated rings. The summed E-state index contributed by atoms with van der Waals surface area (Å²) in [5, 5.41) is 11.7. The van der Waals surface area contributed by atoms with Crippen molar-refractivity contribution in [3.05, 3.63) is 59.7 Å². The normalized spacial score (nSPS) is 22.7. The van der Waals surface area contributed by atoms with Gasteiger partial charge in [-0.1, -0.05) is 48.5 Å². The van der Waals surface area contributed by atoms with Gasteiger partial charge >= 0.3 is 12.1 Å². The van der Waals surface area contributed by atoms with Gasteiger partial charge < -0.3 is 20.1 Å². The number of carboxylic acid groups (broad SMARTS) is 1. The molecule has 2 aromatic carbocycles. The minimum atomic E-state index is -2.84. The number of alkyl halides is 2. The van der Waals surface area contributed by atoms with Crippen molar-refractivity contribution in [3.8, 4) is 11.1 Å². The van der Waals surface area contributed by atoms with E-state index in [0.717, 1.165) is 22.3 Å². The number of rotatable bonds is 6. The summed E-state index contributed by atoms with van der Waals surface area (Å²) < 4.78 is 33.6. The van der Waals surface area contributed by atoms with Gasteiger partial charge in [-0.2, -0.15) is 0 Å². The van der Waals surface area contributed by atoms with Crippen LogP contribution >= 0.6 is 0 Å². The molecule has 5 rings (SSSR count). The number of ether oxygens (including phenoxy) is 1. The number of halogens is 2. The molecule has 0 spiro atoms. The highest BCUT2D eigenvalue weighted by molar-refractivity contribution is 5.89. The summed E-state index contributed by atoms with van der Waals surface area (Å²) in [6.45, 7) is -0.131. The average Bonchev–Trinajstić information content (AvgIpc) is 3.37. The van der Waals surface area contributed by atoms with E-state index >= 15 is 0 Å². The Morgan fingerprint density at radius 1 is 1.09 bits per heavy atom. The van der Waals surface area contributed by atoms with Crippen LogP contribution in [0.1, 0.15) is 42.7 Å². The second kappa shape index (κ2) is 8.94. The number of benzene rings is 2. The zero-order valence-electron chi connectivity index (χ0n) is 19.0. The molecule has 2 aliphatic carbocycles. The molecule has 7 nitrogen and oxygen atoms in total. The Balaban J connectivity index is 1.26. The van der Waals surface area contributed by atoms with Gasteiger partial charge in [0.1, 0.15) is 12.6 Å². The van der Waals surface area contributed by atoms with Gasteiger partial charge in [-0.15, -0.1) is 0 Å². The lowest BCUT2D eigenvalue weighted by Gasteiger charge is -2.29. The van der Waals surface area contributed by atoms with E-state index in [9.17, 15) is 28.3 Å². The number of nitrogens with zero attached hydrogens (tertiary/aromatic N) is 1. The third-order valence-electron chi connectivity index (χ3n) is 7.42. The molecule has 2 aromatic rings. The number of hydrogen-bond acceptors (Lipinski definition) is 4. The van der Waals surface area contributed by atoms with Gasteiger partial charge in [0.15, 0.2) is 0 Å². The molecule has 2 amide bonds. The topological polar surface area (TPSA) is 95.9 Å². The number of carboxylic acids is 1. The summed E-state index contributed by atoms with van der Waals surface area (Å²) in [6.07, 6.45) is -1.54. The number of hydrogen-bond donors (Lipinski definition) is 2. The van der Waals surface area contributed by atoms with E-state index in [1.807, 2.05) is 48.5 Å². The van der Waals surface area contributed by atoms with Crippen LogP contribution in [0.4, 0.5) is 13.6 Å². The van der Waals surface area contributed by atoms with Gasteiger partial charge in [0.2, 0.25) is 5.91 Å². The molecule has 0 radical (unpaired) electrons. The maximum absolute atomic E-state index is 14.1. The predicted octanol–water partition coefficient (Wildman–Crippen LogP) is 4.01. The van der Waals surface area contributed by atoms with E-state index in [-0.39, 0.29) is 44.4 Å². The molecular formula is C26H26F2N2O5. The number of likely N-dealkylation sites (tertiary alicyclic amines) is 1. The summed E-state index contributed by atoms with van der Waals surface area (Å²) in [7, 11) is 0. The Morgan fingerprint density at radius 3 is 2.31 bits per heavy atom. The second-order valence-corrected chi connectivity index (χ2v) is 9.50. The summed E-state index contributed by atoms with van der Waals surface area (Å²) in [4.78, 5) is 38.5. The average molecular weight is 484 g/mol. The molecule has 184 valence electrons. The smallest absolute Gasteiger partial charge is 0.407 e. The van der Waals surface area contributed by atoms with Crippen LogP contribution < -0.4 is 5.32 Å². The molecule has 2 N–H and O–H groups in total. The summed E-state index contributed by atoms with van der Waals surface area (Å²) in [6, 6.07) is 13.9. The Kier molecular flexibility index (Phi) is 5.94. The highest BCUT2D eigenvalue weighted by Crippen LogP contribution is 2.46. The van der Waals surface area contributed by atoms with E-state index in [1.54, 1.807) is 0 Å². The van der Waals surface area contributed by atoms with Crippen LogP contribution in [0, 0.1) is 5.92 Å². The first-order valence-electron chi connectivity index (χ1n) is 11.8. The van der Waals surface area contributed by atoms with Crippen molar-refractivity contribution in [1.82, 2.24) is 10.2 Å². The van der Waals surface area contributed by atoms with Crippen molar-refractivity contribution < 1.29 is 33.0 Å². The Bertz CT molecular complexity index is 1120. The van der Waals surface area contributed by atoms with Crippen LogP contribution in [-0.2, 0) is 14.3 Å². The molecule has 3 atom stereocenters. The standard InChI is InChI=1S/C26H26F2N2O5/c27-26(28)10-9-16-11-15(26)13-30(16)24(33)22(12-23(31)32)29-25(34)35-14-21-19-7-3-1-5-17(19)18-6-2-4-8-20(18)21/h1-8,15-16,21-22H,9-14H2,(H,29,34)(H,31,32). The molecule has 0 aromatic heterocycles. The molecule has 1 saturated carbocycles. The molecule has 35 heavy (non-hydrogen) atoms. The number of carbonyl (C=O) groups is 3. The highest BCUT2D eigenvalue weighted by Gasteiger charge is 2.53. The number of alkyl carbamates (subject to hydrolysis) is 1. The predicted molar refractivity (Wildman–Crippen MR) is 122 cm³/mol. The molecule has 9 heteroatoms. The number of nitrogens with one attached hydrogen (secondary N) is 1. The zero-order valence-corrected chi connectivity index (χ0v) is 19.0. The van der Waals surface area contributed by atoms with Crippen molar-refractivity contribution in [2.75, 3.05) is 13.2 Å². The van der Waals surface area contributed by atoms with Crippen LogP contribution in [0.15, 0.2) is 48.5 Å². The lowest BCUT2D eigenvalue weighted by atomic mass is 9.87. The molecule has 1 saturated heterocycles. The molecule has 3 aliphatic rings. The Hall–Kier alpha value is -3.49. The zero-order chi connectivity index (χ0) is 24.7. The maximum atomic E-state index is 14.1. The SMILES string of the molecule is O=C(O)CC(NC(=O)OCC1c2ccccc2-c2ccccc21)C(=O)N1CC2CC1CCC2(F)F. The first-order chi connectivity index (χ1) is 16.7. The fourth-order valence-corrected chi connectivity index (χ4v) is 5.69. The number of fused-ring (bicyclic) bond motifs is 5. The molecule has 2 bridgehead atoms. The van der Waals surface area contributed by atoms with E-state index in [0.29, 0.717) is 0 Å². The largest absolute Gasteiger partial charge is 0.481 e.